The van der Waals surface area contributed by atoms with Gasteiger partial charge in [-0.25, -0.2) is 0 Å². The molecule has 25 nitrogen and oxygen atoms in total. The molecule has 0 aliphatic heterocycles. The number of carbonyl (C=O) groups excluding carboxylic acids is 8. The van der Waals surface area contributed by atoms with Crippen LogP contribution in [0.2, 0.25) is 0 Å². The van der Waals surface area contributed by atoms with Crippen molar-refractivity contribution in [1.29, 1.82) is 5.41 Å². The second-order valence-corrected chi connectivity index (χ2v) is 20.7. The smallest absolute Gasteiger partial charge is 0.243 e. The van der Waals surface area contributed by atoms with E-state index in [0.717, 1.165) is 5.56 Å². The lowest BCUT2D eigenvalue weighted by atomic mass is 9.98. The molecule has 0 spiro atoms. The molecule has 0 aliphatic rings. The van der Waals surface area contributed by atoms with E-state index in [9.17, 15) is 38.4 Å². The highest BCUT2D eigenvalue weighted by molar-refractivity contribution is 5.98. The van der Waals surface area contributed by atoms with E-state index in [1.165, 1.54) is 6.92 Å². The largest absolute Gasteiger partial charge is 0.384 e. The fourth-order valence-corrected chi connectivity index (χ4v) is 7.91. The lowest BCUT2D eigenvalue weighted by Gasteiger charge is -2.29. The van der Waals surface area contributed by atoms with Gasteiger partial charge in [-0.05, 0) is 100.0 Å². The molecule has 7 atom stereocenters. The Balaban J connectivity index is 3.50. The Kier molecular flexibility index (Phi) is 31.1. The molecule has 0 aromatic heterocycles. The lowest BCUT2D eigenvalue weighted by molar-refractivity contribution is -0.136. The van der Waals surface area contributed by atoms with Crippen LogP contribution in [0.15, 0.2) is 34.3 Å². The van der Waals surface area contributed by atoms with Crippen LogP contribution in [0, 0.1) is 29.1 Å². The van der Waals surface area contributed by atoms with E-state index in [4.69, 9.17) is 39.8 Å². The molecule has 0 aliphatic carbocycles. The molecule has 8 amide bonds. The highest BCUT2D eigenvalue weighted by atomic mass is 16.2. The van der Waals surface area contributed by atoms with Crippen LogP contribution in [0.4, 0.5) is 0 Å². The van der Waals surface area contributed by atoms with Crippen molar-refractivity contribution in [2.75, 3.05) is 19.6 Å². The Morgan fingerprint density at radius 1 is 0.487 bits per heavy atom. The average molecular weight is 1070 g/mol. The Morgan fingerprint density at radius 2 is 0.855 bits per heavy atom. The highest BCUT2D eigenvalue weighted by Gasteiger charge is 2.35. The van der Waals surface area contributed by atoms with Gasteiger partial charge in [0, 0.05) is 32.1 Å². The van der Waals surface area contributed by atoms with E-state index >= 15 is 0 Å². The fraction of sp³-hybridized carbons (Fsp3) is 0.667. The molecular weight excluding hydrogens is 979 g/mol. The monoisotopic (exact) mass is 1070 g/mol. The summed E-state index contributed by atoms with van der Waals surface area (Å²) in [4.78, 5) is 118. The van der Waals surface area contributed by atoms with Gasteiger partial charge in [-0.1, -0.05) is 79.7 Å². The number of nitrogens with zero attached hydrogens (tertiary/aromatic N) is 2. The van der Waals surface area contributed by atoms with Crippen LogP contribution in [0.5, 0.6) is 0 Å². The first-order chi connectivity index (χ1) is 35.6. The van der Waals surface area contributed by atoms with Gasteiger partial charge in [0.1, 0.15) is 48.1 Å². The zero-order valence-corrected chi connectivity index (χ0v) is 46.2. The summed E-state index contributed by atoms with van der Waals surface area (Å²) in [5, 5.41) is 29.8. The van der Waals surface area contributed by atoms with Gasteiger partial charge >= 0.3 is 0 Å². The Bertz CT molecular complexity index is 2110. The fourth-order valence-electron chi connectivity index (χ4n) is 7.91. The summed E-state index contributed by atoms with van der Waals surface area (Å²) in [6, 6.07) is -1.21. The first kappa shape index (κ1) is 67.0. The number of guanidine groups is 2. The van der Waals surface area contributed by atoms with Crippen LogP contribution in [-0.4, -0.2) is 127 Å². The van der Waals surface area contributed by atoms with E-state index in [2.05, 4.69) is 52.5 Å². The normalized spacial score (nSPS) is 13.9. The van der Waals surface area contributed by atoms with Crippen LogP contribution in [0.25, 0.3) is 0 Å². The molecule has 1 aromatic carbocycles. The van der Waals surface area contributed by atoms with Crippen molar-refractivity contribution in [3.63, 3.8) is 0 Å². The number of amides is 8. The number of hydrogen-bond donors (Lipinski definition) is 15. The quantitative estimate of drug-likeness (QED) is 0.0219. The number of aliphatic imine (C=N–C) groups is 2. The van der Waals surface area contributed by atoms with Crippen LogP contribution in [-0.2, 0) is 44.9 Å². The van der Waals surface area contributed by atoms with Gasteiger partial charge in [-0.15, -0.1) is 0 Å². The third-order valence-electron chi connectivity index (χ3n) is 11.8. The minimum absolute atomic E-state index is 0.00291. The number of nitrogens with two attached hydrogens (primary N) is 6. The van der Waals surface area contributed by atoms with Crippen molar-refractivity contribution in [3.05, 3.63) is 35.4 Å². The van der Waals surface area contributed by atoms with Gasteiger partial charge in [0.05, 0.1) is 0 Å². The van der Waals surface area contributed by atoms with Gasteiger partial charge in [0.2, 0.25) is 47.3 Å². The maximum absolute atomic E-state index is 14.4. The summed E-state index contributed by atoms with van der Waals surface area (Å²) >= 11 is 0. The third kappa shape index (κ3) is 27.5. The molecule has 1 aromatic rings. The van der Waals surface area contributed by atoms with E-state index in [1.54, 1.807) is 38.1 Å². The molecule has 0 heterocycles. The number of rotatable bonds is 36. The summed E-state index contributed by atoms with van der Waals surface area (Å²) in [6.45, 7) is 16.6. The lowest BCUT2D eigenvalue weighted by Crippen LogP contribution is -2.60. The number of amidine groups is 1. The first-order valence-electron chi connectivity index (χ1n) is 26.3. The molecule has 428 valence electrons. The van der Waals surface area contributed by atoms with Crippen LogP contribution in [0.1, 0.15) is 138 Å². The zero-order valence-electron chi connectivity index (χ0n) is 46.2. The second kappa shape index (κ2) is 35.3. The number of nitrogen functional groups attached to an aromatic ring is 1. The van der Waals surface area contributed by atoms with Crippen LogP contribution >= 0.6 is 0 Å². The van der Waals surface area contributed by atoms with Crippen molar-refractivity contribution in [2.45, 2.75) is 175 Å². The maximum atomic E-state index is 14.4. The Hall–Kier alpha value is -7.05. The van der Waals surface area contributed by atoms with E-state index < -0.39 is 95.5 Å². The third-order valence-corrected chi connectivity index (χ3v) is 11.8. The van der Waals surface area contributed by atoms with Crippen molar-refractivity contribution in [1.82, 2.24) is 42.5 Å². The molecule has 0 fully saturated rings. The van der Waals surface area contributed by atoms with Gasteiger partial charge in [0.25, 0.3) is 0 Å². The molecular formula is C51H91N17O8. The maximum Gasteiger partial charge on any atom is 0.243 e. The minimum atomic E-state index is -1.27. The predicted molar refractivity (Wildman–Crippen MR) is 294 cm³/mol. The van der Waals surface area contributed by atoms with Crippen molar-refractivity contribution in [2.24, 2.45) is 68.1 Å². The van der Waals surface area contributed by atoms with Gasteiger partial charge in [-0.2, -0.15) is 0 Å². The van der Waals surface area contributed by atoms with E-state index in [0.29, 0.717) is 24.9 Å². The first-order valence-corrected chi connectivity index (χ1v) is 26.3. The van der Waals surface area contributed by atoms with Crippen molar-refractivity contribution < 1.29 is 38.4 Å². The van der Waals surface area contributed by atoms with Gasteiger partial charge in [0.15, 0.2) is 11.9 Å². The second-order valence-electron chi connectivity index (χ2n) is 20.7. The van der Waals surface area contributed by atoms with E-state index in [1.807, 2.05) is 41.5 Å². The topological polar surface area (TPSA) is 437 Å². The van der Waals surface area contributed by atoms with E-state index in [-0.39, 0.29) is 107 Å². The summed E-state index contributed by atoms with van der Waals surface area (Å²) in [5.74, 6) is -6.22. The van der Waals surface area contributed by atoms with Crippen LogP contribution in [0.3, 0.4) is 0 Å². The molecule has 0 radical (unpaired) electrons. The molecule has 0 unspecified atom stereocenters. The van der Waals surface area contributed by atoms with Crippen molar-refractivity contribution >= 4 is 65.0 Å². The molecule has 0 saturated carbocycles. The number of hydrogen-bond acceptors (Lipinski definition) is 12. The Labute approximate surface area is 448 Å². The Morgan fingerprint density at radius 3 is 1.24 bits per heavy atom. The van der Waals surface area contributed by atoms with Crippen LogP contribution < -0.4 is 76.9 Å². The minimum Gasteiger partial charge on any atom is -0.384 e. The number of nitrogens with one attached hydrogen (secondary N) is 9. The number of benzene rings is 1. The molecule has 0 saturated heterocycles. The highest BCUT2D eigenvalue weighted by Crippen LogP contribution is 2.14. The predicted octanol–water partition coefficient (Wildman–Crippen LogP) is -0.969. The molecule has 0 bridgehead atoms. The number of carbonyl (C=O) groups is 8. The standard InChI is InChI=1S/C51H91N17O8/c1-28(2)24-38(62-32(9)69)46(73)63-36(15-12-22-59-50(55)56)44(71)66-40(26-30(5)6)48(75)67-39(25-29(3)4)47(74)64-37(16-13-23-60-51(57)58)45(72)68-41(31(7)8)49(76)65-35(14-10-11-21-52)43(70)61-27-33-17-19-34(20-18-33)42(53)54/h17-20,28-31,35-41H,10-16,21-27,52H2,1-9H3,(H3,53,54)(H,61,70)(H,62,69)(H,63,73)(H,64,74)(H,65,76)(H,66,71)(H,67,75)(H,68,72)(H4,55,56,59)(H4,57,58,60)/t35-,36-,37-,38-,39-,40-,41-/m0/s1. The number of unbranched alkanes of at least 4 members (excludes halogenated alkanes) is 1. The summed E-state index contributed by atoms with van der Waals surface area (Å²) in [6.07, 6.45) is 2.43. The summed E-state index contributed by atoms with van der Waals surface area (Å²) in [7, 11) is 0. The van der Waals surface area contributed by atoms with Crippen molar-refractivity contribution in [3.8, 4) is 0 Å². The van der Waals surface area contributed by atoms with Gasteiger partial charge < -0.3 is 76.9 Å². The van der Waals surface area contributed by atoms with Gasteiger partial charge in [-0.3, -0.25) is 53.8 Å². The molecule has 25 heteroatoms. The summed E-state index contributed by atoms with van der Waals surface area (Å²) < 4.78 is 0. The average Bonchev–Trinajstić information content (AvgIpc) is 3.32. The molecule has 76 heavy (non-hydrogen) atoms. The zero-order chi connectivity index (χ0) is 57.7. The summed E-state index contributed by atoms with van der Waals surface area (Å²) in [5.41, 5.74) is 34.7. The SMILES string of the molecule is CC(=O)N[C@@H](CC(C)C)C(=O)N[C@@H](CCCN=C(N)N)C(=O)N[C@@H](CC(C)C)C(=O)N[C@@H](CC(C)C)C(=O)N[C@@H](CCCN=C(N)N)C(=O)N[C@H](C(=O)N[C@@H](CCCCN)C(=O)NCc1ccc(C(=N)N)cc1)C(C)C. The molecule has 21 N–H and O–H groups in total. The molecule has 1 rings (SSSR count).